The summed E-state index contributed by atoms with van der Waals surface area (Å²) in [7, 11) is 1.56. The van der Waals surface area contributed by atoms with Crippen LogP contribution in [-0.2, 0) is 0 Å². The maximum absolute atomic E-state index is 11.7. The van der Waals surface area contributed by atoms with Crippen LogP contribution < -0.4 is 16.0 Å². The zero-order valence-electron chi connectivity index (χ0n) is 13.0. The van der Waals surface area contributed by atoms with Gasteiger partial charge in [0.05, 0.1) is 12.1 Å². The zero-order chi connectivity index (χ0) is 17.4. The molecule has 2 aromatic carbocycles. The van der Waals surface area contributed by atoms with Gasteiger partial charge in [-0.15, -0.1) is 0 Å². The Labute approximate surface area is 145 Å². The molecule has 0 aliphatic rings. The molecule has 2 aromatic rings. The number of carbonyl (C=O) groups excluding carboxylic acids is 2. The number of amides is 3. The van der Waals surface area contributed by atoms with Crippen LogP contribution >= 0.6 is 11.6 Å². The van der Waals surface area contributed by atoms with Crippen LogP contribution in [0.3, 0.4) is 0 Å². The standard InChI is InChI=1S/C18H16ClN3O2/c1-20-17(23)16-7-3-2-5-13(16)6-4-12-21-18(24)22-15-10-8-14(19)9-11-15/h2-3,5,7-11H,12H2,1H3,(H,20,23)(H2,21,22,24). The van der Waals surface area contributed by atoms with Crippen LogP contribution in [-0.4, -0.2) is 25.5 Å². The molecule has 24 heavy (non-hydrogen) atoms. The number of urea groups is 1. The summed E-state index contributed by atoms with van der Waals surface area (Å²) in [6.45, 7) is 0.154. The van der Waals surface area contributed by atoms with Gasteiger partial charge in [0.25, 0.3) is 5.91 Å². The van der Waals surface area contributed by atoms with Crippen LogP contribution in [0.4, 0.5) is 10.5 Å². The highest BCUT2D eigenvalue weighted by Gasteiger charge is 2.06. The molecule has 0 spiro atoms. The minimum Gasteiger partial charge on any atom is -0.355 e. The van der Waals surface area contributed by atoms with Crippen molar-refractivity contribution in [3.8, 4) is 11.8 Å². The molecule has 5 nitrogen and oxygen atoms in total. The van der Waals surface area contributed by atoms with E-state index in [1.54, 1.807) is 55.6 Å². The van der Waals surface area contributed by atoms with E-state index in [1.807, 2.05) is 0 Å². The van der Waals surface area contributed by atoms with Crippen LogP contribution in [0.1, 0.15) is 15.9 Å². The average Bonchev–Trinajstić information content (AvgIpc) is 2.60. The molecular weight excluding hydrogens is 326 g/mol. The molecule has 0 radical (unpaired) electrons. The van der Waals surface area contributed by atoms with E-state index in [0.717, 1.165) is 0 Å². The van der Waals surface area contributed by atoms with E-state index in [1.165, 1.54) is 0 Å². The maximum atomic E-state index is 11.7. The fourth-order valence-electron chi connectivity index (χ4n) is 1.90. The molecule has 0 atom stereocenters. The summed E-state index contributed by atoms with van der Waals surface area (Å²) in [5.74, 6) is 5.51. The Hall–Kier alpha value is -2.97. The van der Waals surface area contributed by atoms with Gasteiger partial charge in [0.15, 0.2) is 0 Å². The Morgan fingerprint density at radius 1 is 1.08 bits per heavy atom. The Bertz CT molecular complexity index is 792. The van der Waals surface area contributed by atoms with Gasteiger partial charge in [-0.3, -0.25) is 4.79 Å². The Kier molecular flexibility index (Phi) is 6.23. The molecule has 122 valence electrons. The highest BCUT2D eigenvalue weighted by molar-refractivity contribution is 6.30. The summed E-state index contributed by atoms with van der Waals surface area (Å²) in [5.41, 5.74) is 1.74. The monoisotopic (exact) mass is 341 g/mol. The van der Waals surface area contributed by atoms with E-state index < -0.39 is 0 Å². The minimum absolute atomic E-state index is 0.154. The van der Waals surface area contributed by atoms with Crippen molar-refractivity contribution >= 4 is 29.2 Å². The van der Waals surface area contributed by atoms with Gasteiger partial charge in [-0.25, -0.2) is 4.79 Å². The topological polar surface area (TPSA) is 70.2 Å². The van der Waals surface area contributed by atoms with E-state index in [2.05, 4.69) is 27.8 Å². The van der Waals surface area contributed by atoms with E-state index in [0.29, 0.717) is 21.8 Å². The number of rotatable bonds is 3. The molecule has 0 bridgehead atoms. The maximum Gasteiger partial charge on any atom is 0.319 e. The Morgan fingerprint density at radius 3 is 2.50 bits per heavy atom. The van der Waals surface area contributed by atoms with E-state index in [9.17, 15) is 9.59 Å². The normalized spacial score (nSPS) is 9.42. The lowest BCUT2D eigenvalue weighted by Crippen LogP contribution is -2.28. The van der Waals surface area contributed by atoms with Gasteiger partial charge in [-0.2, -0.15) is 0 Å². The highest BCUT2D eigenvalue weighted by atomic mass is 35.5. The lowest BCUT2D eigenvalue weighted by Gasteiger charge is -2.05. The van der Waals surface area contributed by atoms with E-state index >= 15 is 0 Å². The fourth-order valence-corrected chi connectivity index (χ4v) is 2.02. The average molecular weight is 342 g/mol. The lowest BCUT2D eigenvalue weighted by atomic mass is 10.1. The van der Waals surface area contributed by atoms with Crippen molar-refractivity contribution in [2.75, 3.05) is 18.9 Å². The smallest absolute Gasteiger partial charge is 0.319 e. The third kappa shape index (κ3) is 5.04. The summed E-state index contributed by atoms with van der Waals surface area (Å²) >= 11 is 5.78. The second kappa shape index (κ2) is 8.61. The number of benzene rings is 2. The number of carbonyl (C=O) groups is 2. The number of hydrogen-bond acceptors (Lipinski definition) is 2. The first kappa shape index (κ1) is 17.4. The van der Waals surface area contributed by atoms with Gasteiger partial charge in [-0.05, 0) is 36.4 Å². The molecule has 3 amide bonds. The van der Waals surface area contributed by atoms with Gasteiger partial charge < -0.3 is 16.0 Å². The molecular formula is C18H16ClN3O2. The number of halogens is 1. The van der Waals surface area contributed by atoms with Gasteiger partial charge in [0.1, 0.15) is 0 Å². The van der Waals surface area contributed by atoms with Crippen molar-refractivity contribution in [3.05, 3.63) is 64.7 Å². The van der Waals surface area contributed by atoms with E-state index in [4.69, 9.17) is 11.6 Å². The lowest BCUT2D eigenvalue weighted by molar-refractivity contribution is 0.0963. The molecule has 0 fully saturated rings. The molecule has 6 heteroatoms. The highest BCUT2D eigenvalue weighted by Crippen LogP contribution is 2.13. The molecule has 0 saturated heterocycles. The molecule has 0 saturated carbocycles. The van der Waals surface area contributed by atoms with Crippen molar-refractivity contribution in [1.29, 1.82) is 0 Å². The SMILES string of the molecule is CNC(=O)c1ccccc1C#CCNC(=O)Nc1ccc(Cl)cc1. The fraction of sp³-hybridized carbons (Fsp3) is 0.111. The summed E-state index contributed by atoms with van der Waals surface area (Å²) < 4.78 is 0. The second-order valence-corrected chi connectivity index (χ2v) is 5.18. The predicted octanol–water partition coefficient (Wildman–Crippen LogP) is 2.87. The van der Waals surface area contributed by atoms with Gasteiger partial charge in [0, 0.05) is 23.3 Å². The molecule has 3 N–H and O–H groups in total. The molecule has 0 aliphatic carbocycles. The molecule has 0 unspecified atom stereocenters. The molecule has 0 aromatic heterocycles. The summed E-state index contributed by atoms with van der Waals surface area (Å²) in [6, 6.07) is 13.4. The van der Waals surface area contributed by atoms with Crippen LogP contribution in [0.25, 0.3) is 0 Å². The number of nitrogens with one attached hydrogen (secondary N) is 3. The first-order valence-corrected chi connectivity index (χ1v) is 7.58. The van der Waals surface area contributed by atoms with Crippen molar-refractivity contribution in [3.63, 3.8) is 0 Å². The number of hydrogen-bond donors (Lipinski definition) is 3. The van der Waals surface area contributed by atoms with Crippen molar-refractivity contribution in [2.45, 2.75) is 0 Å². The molecule has 2 rings (SSSR count). The van der Waals surface area contributed by atoms with Crippen LogP contribution in [0, 0.1) is 11.8 Å². The third-order valence-corrected chi connectivity index (χ3v) is 3.31. The third-order valence-electron chi connectivity index (χ3n) is 3.06. The Balaban J connectivity index is 1.91. The largest absolute Gasteiger partial charge is 0.355 e. The van der Waals surface area contributed by atoms with Crippen molar-refractivity contribution in [2.24, 2.45) is 0 Å². The number of anilines is 1. The molecule has 0 heterocycles. The van der Waals surface area contributed by atoms with Gasteiger partial charge in [0.2, 0.25) is 0 Å². The van der Waals surface area contributed by atoms with Crippen LogP contribution in [0.15, 0.2) is 48.5 Å². The van der Waals surface area contributed by atoms with E-state index in [-0.39, 0.29) is 18.5 Å². The summed E-state index contributed by atoms with van der Waals surface area (Å²) in [6.07, 6.45) is 0. The second-order valence-electron chi connectivity index (χ2n) is 4.74. The van der Waals surface area contributed by atoms with Crippen molar-refractivity contribution < 1.29 is 9.59 Å². The minimum atomic E-state index is -0.369. The van der Waals surface area contributed by atoms with Gasteiger partial charge in [-0.1, -0.05) is 35.6 Å². The van der Waals surface area contributed by atoms with Gasteiger partial charge >= 0.3 is 6.03 Å². The summed E-state index contributed by atoms with van der Waals surface area (Å²) in [4.78, 5) is 23.5. The summed E-state index contributed by atoms with van der Waals surface area (Å²) in [5, 5.41) is 8.45. The first-order chi connectivity index (χ1) is 11.6. The molecule has 0 aliphatic heterocycles. The zero-order valence-corrected chi connectivity index (χ0v) is 13.8. The quantitative estimate of drug-likeness (QED) is 0.751. The van der Waals surface area contributed by atoms with Crippen LogP contribution in [0.5, 0.6) is 0 Å². The predicted molar refractivity (Wildman–Crippen MR) is 95.2 cm³/mol. The Morgan fingerprint density at radius 2 is 1.79 bits per heavy atom. The first-order valence-electron chi connectivity index (χ1n) is 7.20. The van der Waals surface area contributed by atoms with Crippen molar-refractivity contribution in [1.82, 2.24) is 10.6 Å². The van der Waals surface area contributed by atoms with Crippen LogP contribution in [0.2, 0.25) is 5.02 Å².